The smallest absolute Gasteiger partial charge is 0.0806 e. The predicted molar refractivity (Wildman–Crippen MR) is 60.5 cm³/mol. The first-order valence-electron chi connectivity index (χ1n) is 6.01. The SMILES string of the molecule is CCCOC1(CNC)CCC(C)CC1. The van der Waals surface area contributed by atoms with Crippen LogP contribution in [0.1, 0.15) is 46.0 Å². The molecule has 1 aliphatic rings. The highest BCUT2D eigenvalue weighted by atomic mass is 16.5. The van der Waals surface area contributed by atoms with E-state index in [1.165, 1.54) is 25.7 Å². The van der Waals surface area contributed by atoms with E-state index < -0.39 is 0 Å². The van der Waals surface area contributed by atoms with E-state index in [1.54, 1.807) is 0 Å². The average Bonchev–Trinajstić information content (AvgIpc) is 2.20. The number of nitrogens with one attached hydrogen (secondary N) is 1. The number of rotatable bonds is 5. The van der Waals surface area contributed by atoms with Gasteiger partial charge in [0.05, 0.1) is 5.60 Å². The van der Waals surface area contributed by atoms with Gasteiger partial charge in [0, 0.05) is 13.2 Å². The lowest BCUT2D eigenvalue weighted by molar-refractivity contribution is -0.0739. The van der Waals surface area contributed by atoms with Crippen LogP contribution in [0.3, 0.4) is 0 Å². The van der Waals surface area contributed by atoms with Gasteiger partial charge in [-0.25, -0.2) is 0 Å². The van der Waals surface area contributed by atoms with Gasteiger partial charge in [-0.3, -0.25) is 0 Å². The van der Waals surface area contributed by atoms with Crippen molar-refractivity contribution in [1.29, 1.82) is 0 Å². The van der Waals surface area contributed by atoms with E-state index in [0.29, 0.717) is 0 Å². The van der Waals surface area contributed by atoms with Crippen LogP contribution in [0.15, 0.2) is 0 Å². The summed E-state index contributed by atoms with van der Waals surface area (Å²) in [6, 6.07) is 0. The molecule has 0 aromatic carbocycles. The Hall–Kier alpha value is -0.0800. The third kappa shape index (κ3) is 3.25. The predicted octanol–water partition coefficient (Wildman–Crippen LogP) is 2.58. The highest BCUT2D eigenvalue weighted by Crippen LogP contribution is 2.34. The minimum Gasteiger partial charge on any atom is -0.374 e. The van der Waals surface area contributed by atoms with Gasteiger partial charge >= 0.3 is 0 Å². The van der Waals surface area contributed by atoms with Crippen molar-refractivity contribution in [2.45, 2.75) is 51.6 Å². The Morgan fingerprint density at radius 1 is 1.36 bits per heavy atom. The monoisotopic (exact) mass is 199 g/mol. The topological polar surface area (TPSA) is 21.3 Å². The fourth-order valence-electron chi connectivity index (χ4n) is 2.30. The Kier molecular flexibility index (Phi) is 4.90. The summed E-state index contributed by atoms with van der Waals surface area (Å²) in [4.78, 5) is 0. The van der Waals surface area contributed by atoms with Crippen molar-refractivity contribution in [3.63, 3.8) is 0 Å². The highest BCUT2D eigenvalue weighted by Gasteiger charge is 2.34. The zero-order chi connectivity index (χ0) is 10.4. The summed E-state index contributed by atoms with van der Waals surface area (Å²) < 4.78 is 6.05. The molecule has 0 unspecified atom stereocenters. The number of hydrogen-bond donors (Lipinski definition) is 1. The van der Waals surface area contributed by atoms with Gasteiger partial charge in [-0.15, -0.1) is 0 Å². The van der Waals surface area contributed by atoms with Crippen LogP contribution in [0, 0.1) is 5.92 Å². The van der Waals surface area contributed by atoms with E-state index in [1.807, 2.05) is 7.05 Å². The average molecular weight is 199 g/mol. The van der Waals surface area contributed by atoms with Crippen molar-refractivity contribution in [3.05, 3.63) is 0 Å². The van der Waals surface area contributed by atoms with E-state index in [4.69, 9.17) is 4.74 Å². The van der Waals surface area contributed by atoms with Crippen LogP contribution in [0.4, 0.5) is 0 Å². The molecule has 1 saturated carbocycles. The maximum atomic E-state index is 6.05. The standard InChI is InChI=1S/C12H25NO/c1-4-9-14-12(10-13-3)7-5-11(2)6-8-12/h11,13H,4-10H2,1-3H3. The van der Waals surface area contributed by atoms with E-state index in [-0.39, 0.29) is 5.60 Å². The van der Waals surface area contributed by atoms with Gasteiger partial charge in [-0.1, -0.05) is 13.8 Å². The molecule has 1 N–H and O–H groups in total. The van der Waals surface area contributed by atoms with Gasteiger partial charge in [0.25, 0.3) is 0 Å². The zero-order valence-electron chi connectivity index (χ0n) is 9.94. The van der Waals surface area contributed by atoms with Crippen molar-refractivity contribution < 1.29 is 4.74 Å². The molecule has 0 aliphatic heterocycles. The summed E-state index contributed by atoms with van der Waals surface area (Å²) in [5.74, 6) is 0.894. The molecule has 84 valence electrons. The molecule has 0 atom stereocenters. The highest BCUT2D eigenvalue weighted by molar-refractivity contribution is 4.88. The lowest BCUT2D eigenvalue weighted by atomic mass is 9.79. The van der Waals surface area contributed by atoms with Gasteiger partial charge in [0.15, 0.2) is 0 Å². The summed E-state index contributed by atoms with van der Waals surface area (Å²) in [5, 5.41) is 3.28. The van der Waals surface area contributed by atoms with Crippen molar-refractivity contribution in [2.75, 3.05) is 20.2 Å². The lowest BCUT2D eigenvalue weighted by Crippen LogP contribution is -2.45. The summed E-state index contributed by atoms with van der Waals surface area (Å²) >= 11 is 0. The van der Waals surface area contributed by atoms with Crippen LogP contribution in [-0.4, -0.2) is 25.8 Å². The minimum atomic E-state index is 0.150. The largest absolute Gasteiger partial charge is 0.374 e. The van der Waals surface area contributed by atoms with E-state index >= 15 is 0 Å². The zero-order valence-corrected chi connectivity index (χ0v) is 9.94. The molecule has 1 rings (SSSR count). The van der Waals surface area contributed by atoms with E-state index in [0.717, 1.165) is 25.5 Å². The normalized spacial score (nSPS) is 33.2. The van der Waals surface area contributed by atoms with Gasteiger partial charge in [0.2, 0.25) is 0 Å². The molecule has 0 heterocycles. The Morgan fingerprint density at radius 3 is 2.50 bits per heavy atom. The molecule has 2 heteroatoms. The van der Waals surface area contributed by atoms with Gasteiger partial charge in [-0.2, -0.15) is 0 Å². The second kappa shape index (κ2) is 5.72. The molecule has 2 nitrogen and oxygen atoms in total. The Bertz CT molecular complexity index is 145. The molecular formula is C12H25NO. The summed E-state index contributed by atoms with van der Waals surface area (Å²) in [5.41, 5.74) is 0.150. The van der Waals surface area contributed by atoms with Crippen molar-refractivity contribution >= 4 is 0 Å². The van der Waals surface area contributed by atoms with Crippen LogP contribution in [0.2, 0.25) is 0 Å². The summed E-state index contributed by atoms with van der Waals surface area (Å²) in [7, 11) is 2.02. The second-order valence-corrected chi connectivity index (χ2v) is 4.74. The number of likely N-dealkylation sites (N-methyl/N-ethyl adjacent to an activating group) is 1. The first-order valence-corrected chi connectivity index (χ1v) is 6.01. The Morgan fingerprint density at radius 2 is 2.00 bits per heavy atom. The second-order valence-electron chi connectivity index (χ2n) is 4.74. The quantitative estimate of drug-likeness (QED) is 0.735. The van der Waals surface area contributed by atoms with Crippen molar-refractivity contribution in [2.24, 2.45) is 5.92 Å². The molecule has 0 bridgehead atoms. The molecule has 14 heavy (non-hydrogen) atoms. The molecule has 0 aromatic rings. The van der Waals surface area contributed by atoms with Crippen LogP contribution in [-0.2, 0) is 4.74 Å². The van der Waals surface area contributed by atoms with Crippen molar-refractivity contribution in [1.82, 2.24) is 5.32 Å². The van der Waals surface area contributed by atoms with Crippen LogP contribution >= 0.6 is 0 Å². The van der Waals surface area contributed by atoms with E-state index in [2.05, 4.69) is 19.2 Å². The Balaban J connectivity index is 2.44. The maximum absolute atomic E-state index is 6.05. The summed E-state index contributed by atoms with van der Waals surface area (Å²) in [6.45, 7) is 6.46. The summed E-state index contributed by atoms with van der Waals surface area (Å²) in [6.07, 6.45) is 6.24. The fraction of sp³-hybridized carbons (Fsp3) is 1.00. The molecule has 0 radical (unpaired) electrons. The Labute approximate surface area is 88.4 Å². The third-order valence-electron chi connectivity index (χ3n) is 3.30. The molecule has 0 aromatic heterocycles. The lowest BCUT2D eigenvalue weighted by Gasteiger charge is -2.39. The third-order valence-corrected chi connectivity index (χ3v) is 3.30. The molecule has 1 aliphatic carbocycles. The number of hydrogen-bond acceptors (Lipinski definition) is 2. The van der Waals surface area contributed by atoms with Crippen LogP contribution in [0.5, 0.6) is 0 Å². The van der Waals surface area contributed by atoms with Gasteiger partial charge in [-0.05, 0) is 45.1 Å². The van der Waals surface area contributed by atoms with Crippen molar-refractivity contribution in [3.8, 4) is 0 Å². The first kappa shape index (κ1) is 12.0. The van der Waals surface area contributed by atoms with Crippen LogP contribution in [0.25, 0.3) is 0 Å². The molecular weight excluding hydrogens is 174 g/mol. The maximum Gasteiger partial charge on any atom is 0.0806 e. The molecule has 0 spiro atoms. The molecule has 1 fully saturated rings. The molecule has 0 amide bonds. The van der Waals surface area contributed by atoms with Gasteiger partial charge < -0.3 is 10.1 Å². The number of ether oxygens (including phenoxy) is 1. The van der Waals surface area contributed by atoms with Crippen LogP contribution < -0.4 is 5.32 Å². The van der Waals surface area contributed by atoms with E-state index in [9.17, 15) is 0 Å². The fourth-order valence-corrected chi connectivity index (χ4v) is 2.30. The minimum absolute atomic E-state index is 0.150. The van der Waals surface area contributed by atoms with Gasteiger partial charge in [0.1, 0.15) is 0 Å². The first-order chi connectivity index (χ1) is 6.72. The molecule has 0 saturated heterocycles.